The zero-order chi connectivity index (χ0) is 11.5. The minimum absolute atomic E-state index is 0.419. The zero-order valence-electron chi connectivity index (χ0n) is 8.23. The highest BCUT2D eigenvalue weighted by Gasteiger charge is 2.11. The number of aliphatic hydroxyl groups is 1. The summed E-state index contributed by atoms with van der Waals surface area (Å²) >= 11 is 7.19. The number of hydrogen-bond donors (Lipinski definition) is 1. The molecule has 0 aliphatic carbocycles. The first-order valence-electron chi connectivity index (χ1n) is 4.68. The molecule has 0 spiro atoms. The van der Waals surface area contributed by atoms with Gasteiger partial charge in [0.2, 0.25) is 0 Å². The Kier molecular flexibility index (Phi) is 3.53. The van der Waals surface area contributed by atoms with E-state index in [9.17, 15) is 9.50 Å². The summed E-state index contributed by atoms with van der Waals surface area (Å²) in [5.74, 6) is -0.444. The maximum atomic E-state index is 12.9. The van der Waals surface area contributed by atoms with Crippen LogP contribution in [0.5, 0.6) is 0 Å². The van der Waals surface area contributed by atoms with Gasteiger partial charge in [-0.2, -0.15) is 0 Å². The molecule has 2 aromatic heterocycles. The van der Waals surface area contributed by atoms with Crippen LogP contribution in [0.2, 0.25) is 4.34 Å². The Morgan fingerprint density at radius 3 is 2.88 bits per heavy atom. The minimum Gasteiger partial charge on any atom is -0.388 e. The summed E-state index contributed by atoms with van der Waals surface area (Å²) < 4.78 is 13.6. The van der Waals surface area contributed by atoms with E-state index in [0.29, 0.717) is 16.3 Å². The Labute approximate surface area is 101 Å². The lowest BCUT2D eigenvalue weighted by molar-refractivity contribution is 0.178. The molecule has 0 aromatic carbocycles. The number of rotatable bonds is 3. The Morgan fingerprint density at radius 1 is 1.44 bits per heavy atom. The number of hydrogen-bond acceptors (Lipinski definition) is 3. The molecule has 0 aliphatic heterocycles. The van der Waals surface area contributed by atoms with Crippen molar-refractivity contribution in [2.45, 2.75) is 12.5 Å². The van der Waals surface area contributed by atoms with Gasteiger partial charge in [-0.25, -0.2) is 4.39 Å². The van der Waals surface area contributed by atoms with E-state index in [1.165, 1.54) is 23.6 Å². The summed E-state index contributed by atoms with van der Waals surface area (Å²) in [6.07, 6.45) is 2.24. The Morgan fingerprint density at radius 2 is 2.25 bits per heavy atom. The fraction of sp³-hybridized carbons (Fsp3) is 0.182. The van der Waals surface area contributed by atoms with Crippen LogP contribution in [0, 0.1) is 5.82 Å². The Hall–Kier alpha value is -0.970. The summed E-state index contributed by atoms with van der Waals surface area (Å²) in [6, 6.07) is 4.91. The van der Waals surface area contributed by atoms with Gasteiger partial charge in [0, 0.05) is 23.1 Å². The van der Waals surface area contributed by atoms with Crippen LogP contribution >= 0.6 is 22.9 Å². The quantitative estimate of drug-likeness (QED) is 0.916. The van der Waals surface area contributed by atoms with E-state index in [1.54, 1.807) is 6.07 Å². The van der Waals surface area contributed by atoms with Crippen molar-refractivity contribution in [2.24, 2.45) is 0 Å². The molecular weight excluding hydrogens is 249 g/mol. The van der Waals surface area contributed by atoms with Crippen molar-refractivity contribution in [2.75, 3.05) is 0 Å². The first kappa shape index (κ1) is 11.5. The topological polar surface area (TPSA) is 33.1 Å². The minimum atomic E-state index is -0.752. The van der Waals surface area contributed by atoms with Crippen LogP contribution in [0.15, 0.2) is 30.6 Å². The van der Waals surface area contributed by atoms with Gasteiger partial charge in [0.15, 0.2) is 0 Å². The normalized spacial score (nSPS) is 12.7. The van der Waals surface area contributed by atoms with Crippen molar-refractivity contribution in [1.29, 1.82) is 0 Å². The maximum Gasteiger partial charge on any atom is 0.141 e. The highest BCUT2D eigenvalue weighted by molar-refractivity contribution is 7.16. The molecule has 2 rings (SSSR count). The lowest BCUT2D eigenvalue weighted by atomic mass is 10.1. The van der Waals surface area contributed by atoms with Crippen LogP contribution in [0.25, 0.3) is 0 Å². The van der Waals surface area contributed by atoms with Gasteiger partial charge in [0.25, 0.3) is 0 Å². The molecule has 2 nitrogen and oxygen atoms in total. The highest BCUT2D eigenvalue weighted by Crippen LogP contribution is 2.26. The van der Waals surface area contributed by atoms with E-state index in [4.69, 9.17) is 11.6 Å². The van der Waals surface area contributed by atoms with E-state index < -0.39 is 11.9 Å². The molecule has 0 saturated carbocycles. The smallest absolute Gasteiger partial charge is 0.141 e. The van der Waals surface area contributed by atoms with Gasteiger partial charge in [0.05, 0.1) is 16.6 Å². The van der Waals surface area contributed by atoms with Crippen molar-refractivity contribution >= 4 is 22.9 Å². The number of thiophene rings is 1. The second kappa shape index (κ2) is 4.91. The summed E-state index contributed by atoms with van der Waals surface area (Å²) in [6.45, 7) is 0. The standard InChI is InChI=1S/C11H9ClFNOS/c12-11-2-1-9(16-11)4-10(15)7-3-8(13)6-14-5-7/h1-3,5-6,10,15H,4H2. The van der Waals surface area contributed by atoms with E-state index in [2.05, 4.69) is 4.98 Å². The van der Waals surface area contributed by atoms with Gasteiger partial charge < -0.3 is 5.11 Å². The van der Waals surface area contributed by atoms with E-state index in [0.717, 1.165) is 11.1 Å². The first-order chi connectivity index (χ1) is 7.65. The summed E-state index contributed by atoms with van der Waals surface area (Å²) in [4.78, 5) is 4.65. The van der Waals surface area contributed by atoms with Gasteiger partial charge in [-0.05, 0) is 18.2 Å². The van der Waals surface area contributed by atoms with Crippen molar-refractivity contribution in [3.05, 3.63) is 51.2 Å². The number of aromatic nitrogens is 1. The molecule has 0 amide bonds. The number of halogens is 2. The van der Waals surface area contributed by atoms with Crippen LogP contribution < -0.4 is 0 Å². The summed E-state index contributed by atoms with van der Waals surface area (Å²) in [5, 5.41) is 9.86. The number of aliphatic hydroxyl groups excluding tert-OH is 1. The van der Waals surface area contributed by atoms with Crippen molar-refractivity contribution in [3.63, 3.8) is 0 Å². The average molecular weight is 258 g/mol. The van der Waals surface area contributed by atoms with Gasteiger partial charge in [-0.15, -0.1) is 11.3 Å². The van der Waals surface area contributed by atoms with Gasteiger partial charge in [-0.3, -0.25) is 4.98 Å². The fourth-order valence-corrected chi connectivity index (χ4v) is 2.50. The molecular formula is C11H9ClFNOS. The molecule has 84 valence electrons. The Bertz CT molecular complexity index is 488. The second-order valence-electron chi connectivity index (χ2n) is 3.36. The van der Waals surface area contributed by atoms with Crippen LogP contribution in [0.4, 0.5) is 4.39 Å². The van der Waals surface area contributed by atoms with Gasteiger partial charge in [-0.1, -0.05) is 11.6 Å². The molecule has 0 aliphatic rings. The third-order valence-corrected chi connectivity index (χ3v) is 3.39. The SMILES string of the molecule is OC(Cc1ccc(Cl)s1)c1cncc(F)c1. The average Bonchev–Trinajstić information content (AvgIpc) is 2.64. The lowest BCUT2D eigenvalue weighted by Crippen LogP contribution is -2.01. The monoisotopic (exact) mass is 257 g/mol. The fourth-order valence-electron chi connectivity index (χ4n) is 1.38. The van der Waals surface area contributed by atoms with Crippen LogP contribution in [-0.2, 0) is 6.42 Å². The van der Waals surface area contributed by atoms with Gasteiger partial charge >= 0.3 is 0 Å². The van der Waals surface area contributed by atoms with Crippen LogP contribution in [0.1, 0.15) is 16.5 Å². The summed E-state index contributed by atoms with van der Waals surface area (Å²) in [5.41, 5.74) is 0.476. The van der Waals surface area contributed by atoms with Crippen molar-refractivity contribution < 1.29 is 9.50 Å². The molecule has 0 bridgehead atoms. The van der Waals surface area contributed by atoms with E-state index in [-0.39, 0.29) is 0 Å². The zero-order valence-corrected chi connectivity index (χ0v) is 9.80. The molecule has 2 heterocycles. The van der Waals surface area contributed by atoms with E-state index >= 15 is 0 Å². The molecule has 16 heavy (non-hydrogen) atoms. The van der Waals surface area contributed by atoms with Crippen LogP contribution in [-0.4, -0.2) is 10.1 Å². The number of nitrogens with zero attached hydrogens (tertiary/aromatic N) is 1. The molecule has 0 radical (unpaired) electrons. The van der Waals surface area contributed by atoms with Crippen molar-refractivity contribution in [3.8, 4) is 0 Å². The molecule has 5 heteroatoms. The highest BCUT2D eigenvalue weighted by atomic mass is 35.5. The van der Waals surface area contributed by atoms with E-state index in [1.807, 2.05) is 6.07 Å². The van der Waals surface area contributed by atoms with Gasteiger partial charge in [0.1, 0.15) is 5.82 Å². The predicted molar refractivity (Wildman–Crippen MR) is 62.2 cm³/mol. The second-order valence-corrected chi connectivity index (χ2v) is 5.16. The molecule has 0 saturated heterocycles. The third kappa shape index (κ3) is 2.78. The predicted octanol–water partition coefficient (Wildman–Crippen LogP) is 3.21. The summed E-state index contributed by atoms with van der Waals surface area (Å²) in [7, 11) is 0. The molecule has 1 N–H and O–H groups in total. The molecule has 1 unspecified atom stereocenters. The Balaban J connectivity index is 2.11. The first-order valence-corrected chi connectivity index (χ1v) is 5.87. The molecule has 1 atom stereocenters. The van der Waals surface area contributed by atoms with Crippen molar-refractivity contribution in [1.82, 2.24) is 4.98 Å². The third-order valence-electron chi connectivity index (χ3n) is 2.13. The largest absolute Gasteiger partial charge is 0.388 e. The van der Waals surface area contributed by atoms with Crippen LogP contribution in [0.3, 0.4) is 0 Å². The maximum absolute atomic E-state index is 12.9. The number of pyridine rings is 1. The molecule has 0 fully saturated rings. The molecule has 2 aromatic rings. The lowest BCUT2D eigenvalue weighted by Gasteiger charge is -2.08.